The molecule has 0 amide bonds. The molecule has 2 saturated heterocycles. The van der Waals surface area contributed by atoms with E-state index in [2.05, 4.69) is 16.8 Å². The molecule has 0 bridgehead atoms. The smallest absolute Gasteiger partial charge is 0.326 e. The minimum atomic E-state index is -0.865. The Balaban J connectivity index is 1.66. The number of rotatable bonds is 7. The topological polar surface area (TPSA) is 78.8 Å². The lowest BCUT2D eigenvalue weighted by atomic mass is 10.1. The second-order valence-electron chi connectivity index (χ2n) is 8.28. The van der Waals surface area contributed by atoms with Crippen LogP contribution in [0, 0.1) is 5.82 Å². The molecule has 2 aliphatic heterocycles. The summed E-state index contributed by atoms with van der Waals surface area (Å²) in [5, 5.41) is 9.67. The number of aliphatic carboxylic acids is 1. The number of hydrogen-bond acceptors (Lipinski definition) is 6. The summed E-state index contributed by atoms with van der Waals surface area (Å²) in [6.07, 6.45) is 4.38. The lowest BCUT2D eigenvalue weighted by Gasteiger charge is -2.33. The summed E-state index contributed by atoms with van der Waals surface area (Å²) in [6.45, 7) is 5.03. The number of hydrogen-bond donors (Lipinski definition) is 1. The molecule has 2 aliphatic rings. The number of carbonyl (C=O) groups is 1. The van der Waals surface area contributed by atoms with Crippen molar-refractivity contribution in [1.29, 1.82) is 0 Å². The average Bonchev–Trinajstić information content (AvgIpc) is 3.30. The van der Waals surface area contributed by atoms with E-state index in [4.69, 9.17) is 21.3 Å². The highest BCUT2D eigenvalue weighted by Crippen LogP contribution is 2.31. The van der Waals surface area contributed by atoms with E-state index in [0.717, 1.165) is 45.4 Å². The monoisotopic (exact) mass is 462 g/mol. The van der Waals surface area contributed by atoms with Crippen LogP contribution in [0.1, 0.15) is 39.0 Å². The highest BCUT2D eigenvalue weighted by Gasteiger charge is 2.32. The second kappa shape index (κ2) is 10.0. The van der Waals surface area contributed by atoms with Crippen LogP contribution in [-0.2, 0) is 9.53 Å². The lowest BCUT2D eigenvalue weighted by Crippen LogP contribution is -2.39. The van der Waals surface area contributed by atoms with E-state index < -0.39 is 17.8 Å². The number of piperidine rings is 1. The van der Waals surface area contributed by atoms with Crippen LogP contribution in [0.4, 0.5) is 16.0 Å². The molecule has 9 heteroatoms. The van der Waals surface area contributed by atoms with Gasteiger partial charge < -0.3 is 19.6 Å². The third-order valence-corrected chi connectivity index (χ3v) is 6.34. The van der Waals surface area contributed by atoms with Crippen molar-refractivity contribution in [2.75, 3.05) is 36.0 Å². The maximum atomic E-state index is 14.1. The van der Waals surface area contributed by atoms with Crippen molar-refractivity contribution in [3.63, 3.8) is 0 Å². The molecule has 0 saturated carbocycles. The van der Waals surface area contributed by atoms with Gasteiger partial charge in [0, 0.05) is 37.9 Å². The van der Waals surface area contributed by atoms with Crippen LogP contribution in [0.2, 0.25) is 5.02 Å². The Kier molecular flexibility index (Phi) is 7.10. The first kappa shape index (κ1) is 22.7. The fourth-order valence-corrected chi connectivity index (χ4v) is 4.45. The molecule has 172 valence electrons. The molecule has 0 radical (unpaired) electrons. The number of anilines is 2. The fraction of sp³-hybridized carbons (Fsp3) is 0.522. The highest BCUT2D eigenvalue weighted by molar-refractivity contribution is 6.30. The molecule has 1 N–H and O–H groups in total. The van der Waals surface area contributed by atoms with Crippen LogP contribution >= 0.6 is 11.6 Å². The number of carboxylic acids is 1. The van der Waals surface area contributed by atoms with Gasteiger partial charge in [-0.2, -0.15) is 0 Å². The van der Waals surface area contributed by atoms with Gasteiger partial charge in [-0.1, -0.05) is 18.5 Å². The Bertz CT molecular complexity index is 968. The number of carboxylic acid groups (broad SMARTS) is 1. The summed E-state index contributed by atoms with van der Waals surface area (Å²) in [4.78, 5) is 25.1. The number of ether oxygens (including phenoxy) is 1. The zero-order valence-electron chi connectivity index (χ0n) is 18.1. The van der Waals surface area contributed by atoms with Gasteiger partial charge in [-0.25, -0.2) is 19.2 Å². The van der Waals surface area contributed by atoms with E-state index in [9.17, 15) is 14.3 Å². The van der Waals surface area contributed by atoms with Crippen molar-refractivity contribution in [2.45, 2.75) is 51.2 Å². The summed E-state index contributed by atoms with van der Waals surface area (Å²) < 4.78 is 20.0. The average molecular weight is 463 g/mol. The van der Waals surface area contributed by atoms with E-state index in [-0.39, 0.29) is 11.1 Å². The van der Waals surface area contributed by atoms with Gasteiger partial charge in [-0.15, -0.1) is 0 Å². The maximum absolute atomic E-state index is 14.1. The third kappa shape index (κ3) is 4.96. The highest BCUT2D eigenvalue weighted by atomic mass is 35.5. The molecule has 1 aromatic carbocycles. The van der Waals surface area contributed by atoms with Gasteiger partial charge >= 0.3 is 5.97 Å². The van der Waals surface area contributed by atoms with Crippen molar-refractivity contribution < 1.29 is 19.0 Å². The fourth-order valence-electron chi connectivity index (χ4n) is 4.33. The van der Waals surface area contributed by atoms with E-state index in [1.807, 2.05) is 6.07 Å². The summed E-state index contributed by atoms with van der Waals surface area (Å²) in [6, 6.07) is 5.70. The molecule has 32 heavy (non-hydrogen) atoms. The van der Waals surface area contributed by atoms with Crippen LogP contribution in [0.15, 0.2) is 24.3 Å². The van der Waals surface area contributed by atoms with Crippen LogP contribution in [0.5, 0.6) is 0 Å². The summed E-state index contributed by atoms with van der Waals surface area (Å²) >= 11 is 5.85. The Morgan fingerprint density at radius 3 is 2.62 bits per heavy atom. The Hall–Kier alpha value is -2.45. The number of aromatic nitrogens is 2. The molecule has 4 rings (SSSR count). The number of halogens is 2. The van der Waals surface area contributed by atoms with Gasteiger partial charge in [-0.3, -0.25) is 0 Å². The minimum Gasteiger partial charge on any atom is -0.480 e. The lowest BCUT2D eigenvalue weighted by molar-refractivity contribution is -0.138. The molecule has 1 aromatic heterocycles. The first-order chi connectivity index (χ1) is 15.5. The summed E-state index contributed by atoms with van der Waals surface area (Å²) in [5.74, 6) is 0.210. The van der Waals surface area contributed by atoms with Gasteiger partial charge in [0.15, 0.2) is 5.82 Å². The van der Waals surface area contributed by atoms with Crippen molar-refractivity contribution >= 4 is 29.2 Å². The molecule has 0 unspecified atom stereocenters. The van der Waals surface area contributed by atoms with E-state index in [1.54, 1.807) is 11.0 Å². The van der Waals surface area contributed by atoms with Crippen molar-refractivity contribution in [3.05, 3.63) is 35.1 Å². The minimum absolute atomic E-state index is 0.0322. The number of nitrogens with zero attached hydrogens (tertiary/aromatic N) is 4. The van der Waals surface area contributed by atoms with Crippen LogP contribution in [-0.4, -0.2) is 59.4 Å². The van der Waals surface area contributed by atoms with Gasteiger partial charge in [-0.05, 0) is 50.3 Å². The van der Waals surface area contributed by atoms with Crippen molar-refractivity contribution in [1.82, 2.24) is 9.97 Å². The van der Waals surface area contributed by atoms with E-state index in [0.29, 0.717) is 36.0 Å². The van der Waals surface area contributed by atoms with Crippen molar-refractivity contribution in [3.8, 4) is 11.4 Å². The van der Waals surface area contributed by atoms with Crippen LogP contribution in [0.25, 0.3) is 11.4 Å². The standard InChI is InChI=1S/C23H28ClFN4O3/c1-2-12-32-16-7-10-28(11-8-16)20-14-21(29-9-3-4-19(29)23(30)31)27-22(26-20)15-5-6-17(24)18(25)13-15/h5-6,13-14,16,19H,2-4,7-12H2,1H3,(H,30,31)/t19-/m1/s1. The molecule has 2 fully saturated rings. The molecule has 7 nitrogen and oxygen atoms in total. The normalized spacial score (nSPS) is 19.5. The first-order valence-electron chi connectivity index (χ1n) is 11.2. The Labute approximate surface area is 192 Å². The summed E-state index contributed by atoms with van der Waals surface area (Å²) in [7, 11) is 0. The molecule has 0 spiro atoms. The molecule has 0 aliphatic carbocycles. The van der Waals surface area contributed by atoms with Gasteiger partial charge in [0.25, 0.3) is 0 Å². The number of benzene rings is 1. The van der Waals surface area contributed by atoms with Gasteiger partial charge in [0.1, 0.15) is 23.5 Å². The quantitative estimate of drug-likeness (QED) is 0.653. The van der Waals surface area contributed by atoms with Gasteiger partial charge in [0.2, 0.25) is 0 Å². The van der Waals surface area contributed by atoms with Crippen LogP contribution < -0.4 is 9.80 Å². The molecular formula is C23H28ClFN4O3. The van der Waals surface area contributed by atoms with Gasteiger partial charge in [0.05, 0.1) is 11.1 Å². The Morgan fingerprint density at radius 2 is 1.94 bits per heavy atom. The molecule has 3 heterocycles. The van der Waals surface area contributed by atoms with Crippen LogP contribution in [0.3, 0.4) is 0 Å². The van der Waals surface area contributed by atoms with E-state index in [1.165, 1.54) is 12.1 Å². The molecule has 2 aromatic rings. The zero-order chi connectivity index (χ0) is 22.7. The van der Waals surface area contributed by atoms with Crippen molar-refractivity contribution in [2.24, 2.45) is 0 Å². The Morgan fingerprint density at radius 1 is 1.19 bits per heavy atom. The first-order valence-corrected chi connectivity index (χ1v) is 11.5. The predicted molar refractivity (Wildman–Crippen MR) is 122 cm³/mol. The maximum Gasteiger partial charge on any atom is 0.326 e. The largest absolute Gasteiger partial charge is 0.480 e. The summed E-state index contributed by atoms with van der Waals surface area (Å²) in [5.41, 5.74) is 0.502. The predicted octanol–water partition coefficient (Wildman–Crippen LogP) is 4.38. The second-order valence-corrected chi connectivity index (χ2v) is 8.69. The zero-order valence-corrected chi connectivity index (χ0v) is 18.9. The molecular weight excluding hydrogens is 435 g/mol. The third-order valence-electron chi connectivity index (χ3n) is 6.03. The van der Waals surface area contributed by atoms with E-state index >= 15 is 0 Å². The molecule has 1 atom stereocenters. The SMILES string of the molecule is CCCOC1CCN(c2cc(N3CCC[C@@H]3C(=O)O)nc(-c3ccc(Cl)c(F)c3)n2)CC1.